The molecule has 2 heterocycles. The second-order valence-electron chi connectivity index (χ2n) is 4.07. The van der Waals surface area contributed by atoms with Gasteiger partial charge in [0.2, 0.25) is 0 Å². The summed E-state index contributed by atoms with van der Waals surface area (Å²) in [5, 5.41) is 4.34. The van der Waals surface area contributed by atoms with E-state index in [2.05, 4.69) is 34.1 Å². The standard InChI is InChI=1S/C14H18N4S/c1-3-5-12-13(16-4-2)17-10-18-14(12)19-11-6-8-15-9-7-11/h6-10H,3-5H2,1-2H3,(H,16,17,18). The molecule has 0 saturated heterocycles. The van der Waals surface area contributed by atoms with Crippen molar-refractivity contribution >= 4 is 17.6 Å². The number of aromatic nitrogens is 3. The van der Waals surface area contributed by atoms with E-state index in [0.717, 1.165) is 35.1 Å². The summed E-state index contributed by atoms with van der Waals surface area (Å²) in [6, 6.07) is 3.99. The maximum Gasteiger partial charge on any atom is 0.133 e. The van der Waals surface area contributed by atoms with E-state index in [-0.39, 0.29) is 0 Å². The van der Waals surface area contributed by atoms with Gasteiger partial charge in [0.1, 0.15) is 17.2 Å². The molecule has 0 radical (unpaired) electrons. The van der Waals surface area contributed by atoms with E-state index in [1.807, 2.05) is 12.1 Å². The maximum absolute atomic E-state index is 4.43. The van der Waals surface area contributed by atoms with Gasteiger partial charge in [-0.15, -0.1) is 0 Å². The van der Waals surface area contributed by atoms with Crippen LogP contribution in [0.5, 0.6) is 0 Å². The molecule has 0 fully saturated rings. The summed E-state index contributed by atoms with van der Waals surface area (Å²) in [7, 11) is 0. The van der Waals surface area contributed by atoms with Crippen molar-refractivity contribution < 1.29 is 0 Å². The Hall–Kier alpha value is -1.62. The SMILES string of the molecule is CCCc1c(NCC)ncnc1Sc1ccncc1. The van der Waals surface area contributed by atoms with Crippen LogP contribution in [0.15, 0.2) is 40.8 Å². The molecule has 0 amide bonds. The lowest BCUT2D eigenvalue weighted by Crippen LogP contribution is -2.05. The molecule has 0 aliphatic heterocycles. The van der Waals surface area contributed by atoms with Gasteiger partial charge >= 0.3 is 0 Å². The van der Waals surface area contributed by atoms with Crippen LogP contribution in [0.25, 0.3) is 0 Å². The Morgan fingerprint density at radius 3 is 2.63 bits per heavy atom. The van der Waals surface area contributed by atoms with Crippen LogP contribution in [-0.2, 0) is 6.42 Å². The topological polar surface area (TPSA) is 50.7 Å². The summed E-state index contributed by atoms with van der Waals surface area (Å²) in [5.41, 5.74) is 1.20. The number of pyridine rings is 1. The van der Waals surface area contributed by atoms with Crippen molar-refractivity contribution in [3.05, 3.63) is 36.4 Å². The molecule has 2 rings (SSSR count). The first-order valence-electron chi connectivity index (χ1n) is 6.50. The normalized spacial score (nSPS) is 10.4. The van der Waals surface area contributed by atoms with Crippen molar-refractivity contribution in [2.75, 3.05) is 11.9 Å². The Bertz CT molecular complexity index is 516. The third-order valence-electron chi connectivity index (χ3n) is 2.61. The molecule has 0 spiro atoms. The van der Waals surface area contributed by atoms with Crippen LogP contribution >= 0.6 is 11.8 Å². The molecule has 0 bridgehead atoms. The number of nitrogens with zero attached hydrogens (tertiary/aromatic N) is 3. The van der Waals surface area contributed by atoms with Crippen molar-refractivity contribution in [2.24, 2.45) is 0 Å². The number of nitrogens with one attached hydrogen (secondary N) is 1. The van der Waals surface area contributed by atoms with E-state index >= 15 is 0 Å². The van der Waals surface area contributed by atoms with Crippen LogP contribution in [0, 0.1) is 0 Å². The highest BCUT2D eigenvalue weighted by atomic mass is 32.2. The molecule has 0 aliphatic carbocycles. The molecular weight excluding hydrogens is 256 g/mol. The van der Waals surface area contributed by atoms with Crippen LogP contribution in [-0.4, -0.2) is 21.5 Å². The molecule has 2 aromatic rings. The van der Waals surface area contributed by atoms with E-state index in [4.69, 9.17) is 0 Å². The van der Waals surface area contributed by atoms with E-state index in [1.165, 1.54) is 5.56 Å². The van der Waals surface area contributed by atoms with Crippen molar-refractivity contribution in [3.63, 3.8) is 0 Å². The van der Waals surface area contributed by atoms with Gasteiger partial charge in [0.25, 0.3) is 0 Å². The Morgan fingerprint density at radius 2 is 1.95 bits per heavy atom. The summed E-state index contributed by atoms with van der Waals surface area (Å²) in [6.45, 7) is 5.12. The molecule has 4 nitrogen and oxygen atoms in total. The van der Waals surface area contributed by atoms with Crippen LogP contribution in [0.3, 0.4) is 0 Å². The molecule has 5 heteroatoms. The van der Waals surface area contributed by atoms with Crippen LogP contribution in [0.2, 0.25) is 0 Å². The molecule has 0 saturated carbocycles. The largest absolute Gasteiger partial charge is 0.370 e. The number of anilines is 1. The van der Waals surface area contributed by atoms with Crippen LogP contribution in [0.1, 0.15) is 25.8 Å². The lowest BCUT2D eigenvalue weighted by Gasteiger charge is -2.12. The van der Waals surface area contributed by atoms with Gasteiger partial charge in [0.05, 0.1) is 0 Å². The molecule has 2 aromatic heterocycles. The second kappa shape index (κ2) is 7.09. The predicted molar refractivity (Wildman–Crippen MR) is 78.6 cm³/mol. The molecular formula is C14H18N4S. The smallest absolute Gasteiger partial charge is 0.133 e. The lowest BCUT2D eigenvalue weighted by atomic mass is 10.2. The summed E-state index contributed by atoms with van der Waals surface area (Å²) >= 11 is 1.66. The van der Waals surface area contributed by atoms with Gasteiger partial charge in [-0.05, 0) is 25.5 Å². The maximum atomic E-state index is 4.43. The second-order valence-corrected chi connectivity index (χ2v) is 5.13. The fraction of sp³-hybridized carbons (Fsp3) is 0.357. The van der Waals surface area contributed by atoms with E-state index < -0.39 is 0 Å². The molecule has 0 aliphatic rings. The van der Waals surface area contributed by atoms with Crippen LogP contribution in [0.4, 0.5) is 5.82 Å². The van der Waals surface area contributed by atoms with Gasteiger partial charge in [0.15, 0.2) is 0 Å². The van der Waals surface area contributed by atoms with Crippen molar-refractivity contribution in [3.8, 4) is 0 Å². The monoisotopic (exact) mass is 274 g/mol. The van der Waals surface area contributed by atoms with Gasteiger partial charge in [-0.3, -0.25) is 4.98 Å². The predicted octanol–water partition coefficient (Wildman–Crippen LogP) is 3.41. The van der Waals surface area contributed by atoms with Crippen molar-refractivity contribution in [1.29, 1.82) is 0 Å². The third kappa shape index (κ3) is 3.67. The van der Waals surface area contributed by atoms with E-state index in [9.17, 15) is 0 Å². The Morgan fingerprint density at radius 1 is 1.16 bits per heavy atom. The Labute approximate surface area is 118 Å². The van der Waals surface area contributed by atoms with Gasteiger partial charge in [-0.1, -0.05) is 25.1 Å². The van der Waals surface area contributed by atoms with Gasteiger partial charge in [-0.25, -0.2) is 9.97 Å². The number of rotatable bonds is 6. The number of hydrogen-bond acceptors (Lipinski definition) is 5. The zero-order valence-corrected chi connectivity index (χ0v) is 12.1. The summed E-state index contributed by atoms with van der Waals surface area (Å²) < 4.78 is 0. The van der Waals surface area contributed by atoms with E-state index in [1.54, 1.807) is 30.5 Å². The molecule has 100 valence electrons. The first kappa shape index (κ1) is 13.8. The number of hydrogen-bond donors (Lipinski definition) is 1. The minimum Gasteiger partial charge on any atom is -0.370 e. The molecule has 0 aromatic carbocycles. The fourth-order valence-corrected chi connectivity index (χ4v) is 2.70. The summed E-state index contributed by atoms with van der Waals surface area (Å²) in [6.07, 6.45) is 7.29. The fourth-order valence-electron chi connectivity index (χ4n) is 1.80. The third-order valence-corrected chi connectivity index (χ3v) is 3.67. The minimum atomic E-state index is 0.868. The van der Waals surface area contributed by atoms with E-state index in [0.29, 0.717) is 0 Å². The van der Waals surface area contributed by atoms with Crippen molar-refractivity contribution in [2.45, 2.75) is 36.6 Å². The first-order valence-corrected chi connectivity index (χ1v) is 7.32. The molecule has 19 heavy (non-hydrogen) atoms. The highest BCUT2D eigenvalue weighted by Crippen LogP contribution is 2.31. The van der Waals surface area contributed by atoms with Gasteiger partial charge in [-0.2, -0.15) is 0 Å². The summed E-state index contributed by atoms with van der Waals surface area (Å²) in [4.78, 5) is 13.9. The Balaban J connectivity index is 2.30. The summed E-state index contributed by atoms with van der Waals surface area (Å²) in [5.74, 6) is 0.955. The zero-order valence-electron chi connectivity index (χ0n) is 11.3. The molecule has 0 atom stereocenters. The lowest BCUT2D eigenvalue weighted by molar-refractivity contribution is 0.855. The Kier molecular flexibility index (Phi) is 5.15. The highest BCUT2D eigenvalue weighted by Gasteiger charge is 2.11. The zero-order chi connectivity index (χ0) is 13.5. The average molecular weight is 274 g/mol. The quantitative estimate of drug-likeness (QED) is 0.818. The molecule has 0 unspecified atom stereocenters. The highest BCUT2D eigenvalue weighted by molar-refractivity contribution is 7.99. The first-order chi connectivity index (χ1) is 9.35. The average Bonchev–Trinajstić information content (AvgIpc) is 2.44. The molecule has 1 N–H and O–H groups in total. The van der Waals surface area contributed by atoms with Crippen molar-refractivity contribution in [1.82, 2.24) is 15.0 Å². The van der Waals surface area contributed by atoms with Gasteiger partial charge in [0, 0.05) is 29.4 Å². The van der Waals surface area contributed by atoms with Gasteiger partial charge < -0.3 is 5.32 Å². The van der Waals surface area contributed by atoms with Crippen LogP contribution < -0.4 is 5.32 Å². The minimum absolute atomic E-state index is 0.868.